The van der Waals surface area contributed by atoms with Gasteiger partial charge < -0.3 is 28.4 Å². The lowest BCUT2D eigenvalue weighted by Gasteiger charge is -2.25. The number of ether oxygens (including phenoxy) is 6. The highest BCUT2D eigenvalue weighted by Gasteiger charge is 2.29. The minimum absolute atomic E-state index is 0.0565. The fourth-order valence-electron chi connectivity index (χ4n) is 12.9. The molecule has 5 aromatic carbocycles. The lowest BCUT2D eigenvalue weighted by molar-refractivity contribution is -0.213. The topological polar surface area (TPSA) is 149 Å². The second kappa shape index (κ2) is 42.0. The van der Waals surface area contributed by atoms with Crippen LogP contribution in [0.2, 0.25) is 0 Å². The molecule has 102 heavy (non-hydrogen) atoms. The summed E-state index contributed by atoms with van der Waals surface area (Å²) < 4.78 is 32.3. The monoisotopic (exact) mass is 1380 g/mol. The van der Waals surface area contributed by atoms with Crippen molar-refractivity contribution in [3.63, 3.8) is 0 Å². The van der Waals surface area contributed by atoms with Gasteiger partial charge in [-0.1, -0.05) is 120 Å². The molecule has 6 fully saturated rings. The van der Waals surface area contributed by atoms with E-state index in [2.05, 4.69) is 92.0 Å². The molecular weight excluding hydrogens is 1270 g/mol. The third kappa shape index (κ3) is 27.9. The molecule has 0 atom stereocenters. The van der Waals surface area contributed by atoms with E-state index in [0.29, 0.717) is 71.4 Å². The van der Waals surface area contributed by atoms with Gasteiger partial charge in [0.1, 0.15) is 23.0 Å². The SMILES string of the molecule is CC.CC1CCC(C#Cc2ccc(OC(=O)C3CCC(C)CC3)cc2)CC1.CC1CCC(C#Cc2ccc(OC(=O)C3OCC(C)CO3)cc2)CC1.Cc1ccc(C(=O)Oc2ccc(C#CC3CCC(C)CC3)cc2)cc1.Cc1cnc(C(=O)Oc2ccc(C#CC3CCC(C)CC3)cc2)nc1. The summed E-state index contributed by atoms with van der Waals surface area (Å²) >= 11 is 0. The largest absolute Gasteiger partial charge is 0.426 e. The van der Waals surface area contributed by atoms with E-state index in [4.69, 9.17) is 28.4 Å². The van der Waals surface area contributed by atoms with Gasteiger partial charge in [0.05, 0.1) is 24.7 Å². The van der Waals surface area contributed by atoms with Crippen LogP contribution >= 0.6 is 0 Å². The molecule has 6 aromatic rings. The highest BCUT2D eigenvalue weighted by molar-refractivity contribution is 5.91. The number of hydrogen-bond acceptors (Lipinski definition) is 12. The number of carbonyl (C=O) groups excluding carboxylic acids is 4. The third-order valence-electron chi connectivity index (χ3n) is 19.9. The van der Waals surface area contributed by atoms with E-state index in [1.54, 1.807) is 60.9 Å². The van der Waals surface area contributed by atoms with Crippen molar-refractivity contribution in [1.82, 2.24) is 9.97 Å². The minimum Gasteiger partial charge on any atom is -0.426 e. The fraction of sp³-hybridized carbons (Fsp3) is 0.489. The Balaban J connectivity index is 0.000000171. The van der Waals surface area contributed by atoms with Crippen LogP contribution in [0.1, 0.15) is 238 Å². The van der Waals surface area contributed by atoms with Crippen LogP contribution in [0.5, 0.6) is 23.0 Å². The lowest BCUT2D eigenvalue weighted by atomic mass is 9.83. The van der Waals surface area contributed by atoms with E-state index >= 15 is 0 Å². The van der Waals surface area contributed by atoms with Gasteiger partial charge in [-0.2, -0.15) is 0 Å². The van der Waals surface area contributed by atoms with Crippen LogP contribution in [0, 0.1) is 126 Å². The number of aryl methyl sites for hydroxylation is 2. The first-order chi connectivity index (χ1) is 49.4. The molecule has 2 heterocycles. The molecule has 0 amide bonds. The first-order valence-corrected chi connectivity index (χ1v) is 37.8. The quantitative estimate of drug-likeness (QED) is 0.0811. The Labute approximate surface area is 609 Å². The van der Waals surface area contributed by atoms with Crippen LogP contribution in [-0.4, -0.2) is 53.3 Å². The number of hydrogen-bond donors (Lipinski definition) is 0. The predicted molar refractivity (Wildman–Crippen MR) is 404 cm³/mol. The predicted octanol–water partition coefficient (Wildman–Crippen LogP) is 20.0. The summed E-state index contributed by atoms with van der Waals surface area (Å²) in [6.45, 7) is 22.4. The molecule has 0 N–H and O–H groups in total. The maximum atomic E-state index is 12.3. The van der Waals surface area contributed by atoms with Crippen molar-refractivity contribution in [1.29, 1.82) is 0 Å². The van der Waals surface area contributed by atoms with Crippen molar-refractivity contribution in [2.24, 2.45) is 65.1 Å². The summed E-state index contributed by atoms with van der Waals surface area (Å²) in [5, 5.41) is 0. The molecular formula is C90H108N2O10. The van der Waals surface area contributed by atoms with E-state index < -0.39 is 18.2 Å². The Morgan fingerprint density at radius 1 is 0.343 bits per heavy atom. The van der Waals surface area contributed by atoms with Crippen molar-refractivity contribution in [3.8, 4) is 70.4 Å². The van der Waals surface area contributed by atoms with Crippen LogP contribution in [0.15, 0.2) is 134 Å². The molecule has 12 nitrogen and oxygen atoms in total. The Hall–Kier alpha value is -8.78. The number of benzene rings is 5. The molecule has 0 bridgehead atoms. The molecule has 0 radical (unpaired) electrons. The van der Waals surface area contributed by atoms with Crippen molar-refractivity contribution < 1.29 is 47.6 Å². The fourth-order valence-corrected chi connectivity index (χ4v) is 12.9. The zero-order valence-corrected chi connectivity index (χ0v) is 62.2. The van der Waals surface area contributed by atoms with Crippen LogP contribution in [0.25, 0.3) is 0 Å². The van der Waals surface area contributed by atoms with Gasteiger partial charge in [-0.3, -0.25) is 4.79 Å². The molecule has 0 spiro atoms. The minimum atomic E-state index is -0.927. The normalized spacial score (nSPS) is 24.1. The van der Waals surface area contributed by atoms with E-state index in [9.17, 15) is 19.2 Å². The van der Waals surface area contributed by atoms with E-state index in [0.717, 1.165) is 88.7 Å². The first kappa shape index (κ1) is 78.9. The first-order valence-electron chi connectivity index (χ1n) is 37.8. The smallest absolute Gasteiger partial charge is 0.381 e. The standard InChI is InChI=1S/C23H30O2.C23H24O2.C21H22N2O2.C21H26O4.C2H6/c2*1-17-3-7-19(8-4-17)9-10-20-11-15-22(16-12-20)25-23(24)21-13-5-18(2)6-14-21;1-15-3-5-17(6-4-15)7-8-18-9-11-19(12-10-18)25-21(24)20-22-13-16(2)14-23-20;1-15-3-5-17(6-4-15)7-8-18-9-11-19(12-10-18)25-20(22)21-23-13-16(2)14-24-21;1-2/h11-12,15-19,21H,3-8,13-14H2,1-2H3;5-6,11-17,19H,3-4,7-8H2,1-2H3;9-15,17H,3-6H2,1-2H3;9-12,15-17,21H,3-6,13-14H2,1-2H3;1-2H3. The zero-order valence-electron chi connectivity index (χ0n) is 62.2. The molecule has 0 unspecified atom stereocenters. The Kier molecular flexibility index (Phi) is 32.5. The third-order valence-corrected chi connectivity index (χ3v) is 19.9. The number of carbonyl (C=O) groups is 4. The molecule has 12 heteroatoms. The second-order valence-corrected chi connectivity index (χ2v) is 29.1. The number of aromatic nitrogens is 2. The maximum absolute atomic E-state index is 12.3. The Morgan fingerprint density at radius 3 is 0.971 bits per heavy atom. The summed E-state index contributed by atoms with van der Waals surface area (Å²) in [6, 6.07) is 37.0. The second-order valence-electron chi connectivity index (χ2n) is 29.1. The van der Waals surface area contributed by atoms with Gasteiger partial charge in [0.15, 0.2) is 0 Å². The van der Waals surface area contributed by atoms with Crippen molar-refractivity contribution in [2.75, 3.05) is 13.2 Å². The molecule has 1 aromatic heterocycles. The number of esters is 4. The Bertz CT molecular complexity index is 3550. The average molecular weight is 1380 g/mol. The van der Waals surface area contributed by atoms with Gasteiger partial charge >= 0.3 is 23.9 Å². The summed E-state index contributed by atoms with van der Waals surface area (Å²) in [5.41, 5.74) is 6.42. The van der Waals surface area contributed by atoms with E-state index in [1.165, 1.54) is 103 Å². The molecule has 12 rings (SSSR count). The van der Waals surface area contributed by atoms with Gasteiger partial charge in [0.25, 0.3) is 6.29 Å². The Morgan fingerprint density at radius 2 is 0.637 bits per heavy atom. The van der Waals surface area contributed by atoms with Crippen molar-refractivity contribution in [3.05, 3.63) is 178 Å². The van der Waals surface area contributed by atoms with Gasteiger partial charge in [-0.05, 0) is 287 Å². The summed E-state index contributed by atoms with van der Waals surface area (Å²) in [7, 11) is 0. The molecule has 5 saturated carbocycles. The van der Waals surface area contributed by atoms with Gasteiger partial charge in [-0.25, -0.2) is 24.4 Å². The van der Waals surface area contributed by atoms with Crippen LogP contribution in [0.3, 0.4) is 0 Å². The van der Waals surface area contributed by atoms with Crippen LogP contribution in [0.4, 0.5) is 0 Å². The highest BCUT2D eigenvalue weighted by atomic mass is 16.7. The summed E-state index contributed by atoms with van der Waals surface area (Å²) in [6.07, 6.45) is 26.4. The van der Waals surface area contributed by atoms with Crippen LogP contribution < -0.4 is 18.9 Å². The molecule has 1 saturated heterocycles. The number of rotatable bonds is 8. The molecule has 538 valence electrons. The van der Waals surface area contributed by atoms with Crippen LogP contribution in [-0.2, 0) is 19.1 Å². The number of nitrogens with zero attached hydrogens (tertiary/aromatic N) is 2. The van der Waals surface area contributed by atoms with Crippen molar-refractivity contribution >= 4 is 23.9 Å². The molecule has 5 aliphatic carbocycles. The molecule has 1 aliphatic heterocycles. The average Bonchev–Trinajstić information content (AvgIpc) is 0.906. The van der Waals surface area contributed by atoms with Gasteiger partial charge in [0, 0.05) is 64.2 Å². The highest BCUT2D eigenvalue weighted by Crippen LogP contribution is 2.33. The van der Waals surface area contributed by atoms with Gasteiger partial charge in [0.2, 0.25) is 5.82 Å². The summed E-state index contributed by atoms with van der Waals surface area (Å²) in [4.78, 5) is 56.3. The van der Waals surface area contributed by atoms with Gasteiger partial charge in [-0.15, -0.1) is 0 Å². The van der Waals surface area contributed by atoms with E-state index in [1.807, 2.05) is 107 Å². The lowest BCUT2D eigenvalue weighted by Crippen LogP contribution is -2.38. The molecule has 6 aliphatic rings. The zero-order chi connectivity index (χ0) is 72.6. The van der Waals surface area contributed by atoms with Crippen molar-refractivity contribution in [2.45, 2.75) is 204 Å². The van der Waals surface area contributed by atoms with E-state index in [-0.39, 0.29) is 23.7 Å². The summed E-state index contributed by atoms with van der Waals surface area (Å²) in [5.74, 6) is 33.9. The maximum Gasteiger partial charge on any atom is 0.381 e.